The quantitative estimate of drug-likeness (QED) is 0.185. The summed E-state index contributed by atoms with van der Waals surface area (Å²) in [5, 5.41) is 6.31. The summed E-state index contributed by atoms with van der Waals surface area (Å²) >= 11 is 1.88. The van der Waals surface area contributed by atoms with E-state index in [0.29, 0.717) is 0 Å². The molecule has 11 rings (SSSR count). The van der Waals surface area contributed by atoms with E-state index >= 15 is 0 Å². The molecule has 3 nitrogen and oxygen atoms in total. The third kappa shape index (κ3) is 3.47. The molecule has 0 aliphatic carbocycles. The highest BCUT2D eigenvalue weighted by molar-refractivity contribution is 7.24. The summed E-state index contributed by atoms with van der Waals surface area (Å²) in [5.41, 5.74) is 12.1. The molecular formula is C44H27N3S. The van der Waals surface area contributed by atoms with E-state index < -0.39 is 0 Å². The van der Waals surface area contributed by atoms with Gasteiger partial charge in [0.05, 0.1) is 37.8 Å². The summed E-state index contributed by atoms with van der Waals surface area (Å²) in [5.74, 6) is 0. The number of para-hydroxylation sites is 6. The number of fused-ring (bicyclic) bond motifs is 11. The minimum absolute atomic E-state index is 1.14. The second-order valence-electron chi connectivity index (χ2n) is 12.6. The Hall–Kier alpha value is -6.10. The topological polar surface area (TPSA) is 14.3 Å². The van der Waals surface area contributed by atoms with Gasteiger partial charge in [0.15, 0.2) is 0 Å². The molecule has 7 aromatic carbocycles. The molecule has 0 fully saturated rings. The first-order valence-corrected chi connectivity index (χ1v) is 17.2. The van der Waals surface area contributed by atoms with Gasteiger partial charge in [0.2, 0.25) is 0 Å². The van der Waals surface area contributed by atoms with E-state index in [1.54, 1.807) is 0 Å². The summed E-state index contributed by atoms with van der Waals surface area (Å²) < 4.78 is 8.65. The van der Waals surface area contributed by atoms with Crippen molar-refractivity contribution >= 4 is 80.9 Å². The Bertz CT molecular complexity index is 2840. The monoisotopic (exact) mass is 629 g/mol. The molecule has 4 heteroatoms. The van der Waals surface area contributed by atoms with Crippen molar-refractivity contribution in [3.63, 3.8) is 0 Å². The van der Waals surface area contributed by atoms with Gasteiger partial charge in [-0.3, -0.25) is 4.40 Å². The molecule has 0 unspecified atom stereocenters. The summed E-state index contributed by atoms with van der Waals surface area (Å²) in [7, 11) is 0. The Labute approximate surface area is 279 Å². The first-order chi connectivity index (χ1) is 23.8. The summed E-state index contributed by atoms with van der Waals surface area (Å²) in [6, 6.07) is 60.0. The summed E-state index contributed by atoms with van der Waals surface area (Å²) in [6.45, 7) is 0. The summed E-state index contributed by atoms with van der Waals surface area (Å²) in [4.78, 5) is 1.27. The molecule has 0 saturated carbocycles. The average molecular weight is 630 g/mol. The van der Waals surface area contributed by atoms with Gasteiger partial charge in [-0.05, 0) is 66.2 Å². The van der Waals surface area contributed by atoms with Gasteiger partial charge < -0.3 is 9.13 Å². The van der Waals surface area contributed by atoms with Crippen LogP contribution in [-0.4, -0.2) is 13.5 Å². The molecule has 0 amide bonds. The zero-order valence-electron chi connectivity index (χ0n) is 25.8. The molecular weight excluding hydrogens is 603 g/mol. The van der Waals surface area contributed by atoms with E-state index in [0.717, 1.165) is 11.4 Å². The van der Waals surface area contributed by atoms with E-state index in [1.807, 2.05) is 11.3 Å². The molecule has 0 N–H and O–H groups in total. The van der Waals surface area contributed by atoms with Crippen LogP contribution in [0.1, 0.15) is 0 Å². The summed E-state index contributed by atoms with van der Waals surface area (Å²) in [6.07, 6.45) is 0. The SMILES string of the molecule is c1ccc2c(c1)sc1c(-c3cc(-n4c5ccccc5c5ccccc54)cc(-n4c5ccccc5c5ccccc54)c3)c3ccccc3n12. The van der Waals surface area contributed by atoms with Gasteiger partial charge in [0.1, 0.15) is 4.83 Å². The van der Waals surface area contributed by atoms with Crippen molar-refractivity contribution in [3.8, 4) is 22.5 Å². The number of aromatic nitrogens is 3. The van der Waals surface area contributed by atoms with Crippen LogP contribution >= 0.6 is 11.3 Å². The van der Waals surface area contributed by atoms with Gasteiger partial charge in [0, 0.05) is 43.9 Å². The van der Waals surface area contributed by atoms with Crippen LogP contribution in [0.4, 0.5) is 0 Å². The lowest BCUT2D eigenvalue weighted by Crippen LogP contribution is -2.00. The number of benzene rings is 7. The van der Waals surface area contributed by atoms with E-state index in [4.69, 9.17) is 0 Å². The van der Waals surface area contributed by atoms with E-state index in [-0.39, 0.29) is 0 Å². The Kier molecular flexibility index (Phi) is 5.26. The van der Waals surface area contributed by atoms with Gasteiger partial charge in [-0.1, -0.05) is 103 Å². The zero-order valence-corrected chi connectivity index (χ0v) is 26.7. The number of hydrogen-bond acceptors (Lipinski definition) is 1. The van der Waals surface area contributed by atoms with Crippen LogP contribution in [0.25, 0.3) is 92.1 Å². The molecule has 0 saturated heterocycles. The molecule has 11 aromatic rings. The Morgan fingerprint density at radius 2 is 0.750 bits per heavy atom. The van der Waals surface area contributed by atoms with Crippen LogP contribution < -0.4 is 0 Å². The normalized spacial score (nSPS) is 12.2. The van der Waals surface area contributed by atoms with Crippen LogP contribution in [0, 0.1) is 0 Å². The van der Waals surface area contributed by atoms with Crippen molar-refractivity contribution in [2.45, 2.75) is 0 Å². The predicted molar refractivity (Wildman–Crippen MR) is 204 cm³/mol. The number of thiazole rings is 1. The van der Waals surface area contributed by atoms with Crippen molar-refractivity contribution in [3.05, 3.63) is 164 Å². The third-order valence-corrected chi connectivity index (χ3v) is 11.2. The maximum Gasteiger partial charge on any atom is 0.109 e. The minimum Gasteiger partial charge on any atom is -0.309 e. The van der Waals surface area contributed by atoms with Crippen molar-refractivity contribution in [1.29, 1.82) is 0 Å². The van der Waals surface area contributed by atoms with Crippen molar-refractivity contribution in [2.24, 2.45) is 0 Å². The van der Waals surface area contributed by atoms with Crippen LogP contribution in [0.2, 0.25) is 0 Å². The van der Waals surface area contributed by atoms with E-state index in [1.165, 1.54) is 80.7 Å². The van der Waals surface area contributed by atoms with Gasteiger partial charge in [-0.15, -0.1) is 11.3 Å². The molecule has 4 heterocycles. The van der Waals surface area contributed by atoms with Gasteiger partial charge in [-0.25, -0.2) is 0 Å². The first-order valence-electron chi connectivity index (χ1n) is 16.4. The standard InChI is InChI=1S/C44H27N3S/c1-6-18-36-31(13-1)32-14-2-7-19-37(32)45(36)29-25-28(26-30(27-29)46-38-20-8-3-15-33(38)34-16-4-9-21-39(34)46)43-35-17-5-10-22-40(35)47-41-23-11-12-24-42(41)48-44(43)47/h1-27H. The number of nitrogens with zero attached hydrogens (tertiary/aromatic N) is 3. The molecule has 4 aromatic heterocycles. The largest absolute Gasteiger partial charge is 0.309 e. The lowest BCUT2D eigenvalue weighted by atomic mass is 10.0. The van der Waals surface area contributed by atoms with Gasteiger partial charge >= 0.3 is 0 Å². The second-order valence-corrected chi connectivity index (χ2v) is 13.6. The van der Waals surface area contributed by atoms with Gasteiger partial charge in [-0.2, -0.15) is 0 Å². The average Bonchev–Trinajstić information content (AvgIpc) is 3.87. The van der Waals surface area contributed by atoms with Crippen LogP contribution in [0.15, 0.2) is 164 Å². The number of hydrogen-bond donors (Lipinski definition) is 0. The maximum atomic E-state index is 2.46. The smallest absolute Gasteiger partial charge is 0.109 e. The van der Waals surface area contributed by atoms with Gasteiger partial charge in [0.25, 0.3) is 0 Å². The Balaban J connectivity index is 1.32. The minimum atomic E-state index is 1.14. The molecule has 224 valence electrons. The lowest BCUT2D eigenvalue weighted by Gasteiger charge is -2.16. The molecule has 0 atom stereocenters. The van der Waals surface area contributed by atoms with Crippen molar-refractivity contribution in [2.75, 3.05) is 0 Å². The van der Waals surface area contributed by atoms with Crippen LogP contribution in [0.3, 0.4) is 0 Å². The Morgan fingerprint density at radius 3 is 1.25 bits per heavy atom. The Morgan fingerprint density at radius 1 is 0.354 bits per heavy atom. The second kappa shape index (κ2) is 9.71. The van der Waals surface area contributed by atoms with Crippen molar-refractivity contribution < 1.29 is 0 Å². The third-order valence-electron chi connectivity index (χ3n) is 10.0. The fourth-order valence-corrected chi connectivity index (χ4v) is 9.30. The van der Waals surface area contributed by atoms with E-state index in [2.05, 4.69) is 177 Å². The molecule has 48 heavy (non-hydrogen) atoms. The molecule has 0 bridgehead atoms. The highest BCUT2D eigenvalue weighted by Crippen LogP contribution is 2.44. The molecule has 0 radical (unpaired) electrons. The predicted octanol–water partition coefficient (Wildman–Crippen LogP) is 12.2. The van der Waals surface area contributed by atoms with Crippen LogP contribution in [-0.2, 0) is 0 Å². The highest BCUT2D eigenvalue weighted by Gasteiger charge is 2.21. The van der Waals surface area contributed by atoms with Crippen LogP contribution in [0.5, 0.6) is 0 Å². The fraction of sp³-hybridized carbons (Fsp3) is 0. The zero-order chi connectivity index (χ0) is 31.3. The fourth-order valence-electron chi connectivity index (χ4n) is 8.06. The molecule has 0 spiro atoms. The maximum absolute atomic E-state index is 2.46. The van der Waals surface area contributed by atoms with Crippen molar-refractivity contribution in [1.82, 2.24) is 13.5 Å². The lowest BCUT2D eigenvalue weighted by molar-refractivity contribution is 1.14. The van der Waals surface area contributed by atoms with E-state index in [9.17, 15) is 0 Å². The highest BCUT2D eigenvalue weighted by atomic mass is 32.1. The number of rotatable bonds is 3. The molecule has 0 aliphatic heterocycles. The molecule has 0 aliphatic rings. The first kappa shape index (κ1) is 26.0.